The third-order valence-corrected chi connectivity index (χ3v) is 8.21. The molecule has 1 aliphatic rings. The van der Waals surface area contributed by atoms with Crippen molar-refractivity contribution in [3.8, 4) is 0 Å². The number of rotatable bonds is 10. The predicted octanol–water partition coefficient (Wildman–Crippen LogP) is 5.06. The lowest BCUT2D eigenvalue weighted by molar-refractivity contribution is -0.134. The molecule has 1 unspecified atom stereocenters. The molecule has 2 aromatic rings. The van der Waals surface area contributed by atoms with E-state index in [1.54, 1.807) is 12.1 Å². The van der Waals surface area contributed by atoms with Crippen LogP contribution < -0.4 is 0 Å². The molecule has 0 aromatic heterocycles. The van der Waals surface area contributed by atoms with Crippen LogP contribution in [-0.4, -0.2) is 42.7 Å². The average Bonchev–Trinajstić information content (AvgIpc) is 3.59. The molecule has 7 heteroatoms. The van der Waals surface area contributed by atoms with Crippen LogP contribution in [0.1, 0.15) is 57.2 Å². The lowest BCUT2D eigenvalue weighted by atomic mass is 10.0. The van der Waals surface area contributed by atoms with Gasteiger partial charge in [-0.1, -0.05) is 49.7 Å². The predicted molar refractivity (Wildman–Crippen MR) is 125 cm³/mol. The van der Waals surface area contributed by atoms with Crippen LogP contribution in [0.4, 0.5) is 0 Å². The van der Waals surface area contributed by atoms with E-state index in [9.17, 15) is 13.2 Å². The van der Waals surface area contributed by atoms with E-state index in [0.717, 1.165) is 24.0 Å². The Bertz CT molecular complexity index is 982. The summed E-state index contributed by atoms with van der Waals surface area (Å²) in [5, 5.41) is 0.687. The van der Waals surface area contributed by atoms with Gasteiger partial charge in [-0.3, -0.25) is 4.79 Å². The topological polar surface area (TPSA) is 57.7 Å². The van der Waals surface area contributed by atoms with Gasteiger partial charge in [-0.05, 0) is 61.6 Å². The Morgan fingerprint density at radius 2 is 1.61 bits per heavy atom. The summed E-state index contributed by atoms with van der Waals surface area (Å²) < 4.78 is 26.7. The van der Waals surface area contributed by atoms with Crippen molar-refractivity contribution < 1.29 is 13.2 Å². The van der Waals surface area contributed by atoms with E-state index >= 15 is 0 Å². The van der Waals surface area contributed by atoms with E-state index in [4.69, 9.17) is 11.6 Å². The molecule has 1 fully saturated rings. The monoisotopic (exact) mass is 462 g/mol. The summed E-state index contributed by atoms with van der Waals surface area (Å²) in [5.74, 6) is 0.129. The second-order valence-corrected chi connectivity index (χ2v) is 10.4. The molecule has 0 heterocycles. The number of sulfonamides is 1. The van der Waals surface area contributed by atoms with Crippen LogP contribution >= 0.6 is 11.6 Å². The van der Waals surface area contributed by atoms with Gasteiger partial charge in [0.2, 0.25) is 15.9 Å². The minimum atomic E-state index is -3.46. The van der Waals surface area contributed by atoms with E-state index in [2.05, 4.69) is 6.92 Å². The highest BCUT2D eigenvalue weighted by Crippen LogP contribution is 2.35. The van der Waals surface area contributed by atoms with Gasteiger partial charge >= 0.3 is 0 Å². The largest absolute Gasteiger partial charge is 0.333 e. The zero-order chi connectivity index (χ0) is 22.6. The highest BCUT2D eigenvalue weighted by Gasteiger charge is 2.35. The van der Waals surface area contributed by atoms with Gasteiger partial charge < -0.3 is 4.90 Å². The third-order valence-electron chi connectivity index (χ3n) is 5.89. The van der Waals surface area contributed by atoms with Gasteiger partial charge in [-0.2, -0.15) is 4.31 Å². The van der Waals surface area contributed by atoms with Gasteiger partial charge in [-0.15, -0.1) is 0 Å². The van der Waals surface area contributed by atoms with Gasteiger partial charge in [-0.25, -0.2) is 8.42 Å². The number of aryl methyl sites for hydroxylation is 1. The van der Waals surface area contributed by atoms with Crippen LogP contribution in [0.3, 0.4) is 0 Å². The molecule has 2 aromatic carbocycles. The lowest BCUT2D eigenvalue weighted by Gasteiger charge is -2.30. The Morgan fingerprint density at radius 3 is 2.13 bits per heavy atom. The third kappa shape index (κ3) is 5.68. The van der Waals surface area contributed by atoms with Crippen LogP contribution in [0.2, 0.25) is 5.02 Å². The second kappa shape index (κ2) is 10.2. The normalized spacial score (nSPS) is 15.1. The maximum Gasteiger partial charge on any atom is 0.243 e. The summed E-state index contributed by atoms with van der Waals surface area (Å²) in [5.41, 5.74) is 2.04. The molecule has 0 radical (unpaired) electrons. The minimum Gasteiger partial charge on any atom is -0.333 e. The van der Waals surface area contributed by atoms with Crippen LogP contribution in [0, 0.1) is 0 Å². The van der Waals surface area contributed by atoms with Crippen molar-refractivity contribution in [1.29, 1.82) is 0 Å². The summed E-state index contributed by atoms with van der Waals surface area (Å²) >= 11 is 6.00. The number of hydrogen-bond donors (Lipinski definition) is 0. The molecule has 31 heavy (non-hydrogen) atoms. The van der Waals surface area contributed by atoms with Gasteiger partial charge in [0.15, 0.2) is 0 Å². The molecule has 5 nitrogen and oxygen atoms in total. The van der Waals surface area contributed by atoms with Crippen molar-refractivity contribution >= 4 is 27.5 Å². The molecule has 1 atom stereocenters. The Labute approximate surface area is 191 Å². The Kier molecular flexibility index (Phi) is 7.78. The van der Waals surface area contributed by atoms with Crippen molar-refractivity contribution in [3.63, 3.8) is 0 Å². The SMILES string of the molecule is CCN(CC)S(=O)(=O)c1ccc(CCC(=O)N(C2CC2)C(C)c2ccc(Cl)cc2)cc1. The summed E-state index contributed by atoms with van der Waals surface area (Å²) in [6.07, 6.45) is 3.07. The fourth-order valence-corrected chi connectivity index (χ4v) is 5.50. The highest BCUT2D eigenvalue weighted by molar-refractivity contribution is 7.89. The standard InChI is InChI=1S/C24H31ClN2O3S/c1-4-26(5-2)31(29,30)23-15-6-19(7-16-23)8-17-24(28)27(22-13-14-22)18(3)20-9-11-21(25)12-10-20/h6-7,9-12,15-16,18,22H,4-5,8,13-14,17H2,1-3H3. The number of carbonyl (C=O) groups excluding carboxylic acids is 1. The smallest absolute Gasteiger partial charge is 0.243 e. The number of nitrogens with zero attached hydrogens (tertiary/aromatic N) is 2. The highest BCUT2D eigenvalue weighted by atomic mass is 35.5. The first-order chi connectivity index (χ1) is 14.8. The maximum absolute atomic E-state index is 13.1. The van der Waals surface area contributed by atoms with Crippen molar-refractivity contribution in [2.45, 2.75) is 63.4 Å². The lowest BCUT2D eigenvalue weighted by Crippen LogP contribution is -2.35. The average molecular weight is 463 g/mol. The molecular weight excluding hydrogens is 432 g/mol. The van der Waals surface area contributed by atoms with Crippen LogP contribution in [0.15, 0.2) is 53.4 Å². The quantitative estimate of drug-likeness (QED) is 0.496. The van der Waals surface area contributed by atoms with Crippen LogP contribution in [0.5, 0.6) is 0 Å². The number of carbonyl (C=O) groups is 1. The van der Waals surface area contributed by atoms with Gasteiger partial charge in [0.05, 0.1) is 10.9 Å². The van der Waals surface area contributed by atoms with E-state index in [1.807, 2.05) is 55.1 Å². The fraction of sp³-hybridized carbons (Fsp3) is 0.458. The number of benzene rings is 2. The molecule has 0 aliphatic heterocycles. The summed E-state index contributed by atoms with van der Waals surface area (Å²) in [6.45, 7) is 6.61. The van der Waals surface area contributed by atoms with Gasteiger partial charge in [0.25, 0.3) is 0 Å². The Balaban J connectivity index is 1.65. The number of amides is 1. The Morgan fingerprint density at radius 1 is 1.03 bits per heavy atom. The molecule has 0 saturated heterocycles. The van der Waals surface area contributed by atoms with Crippen molar-refractivity contribution in [2.24, 2.45) is 0 Å². The minimum absolute atomic E-state index is 0.00106. The molecule has 1 amide bonds. The molecule has 1 saturated carbocycles. The van der Waals surface area contributed by atoms with E-state index in [1.165, 1.54) is 4.31 Å². The van der Waals surface area contributed by atoms with Crippen LogP contribution in [-0.2, 0) is 21.2 Å². The summed E-state index contributed by atoms with van der Waals surface area (Å²) in [4.78, 5) is 15.4. The number of hydrogen-bond acceptors (Lipinski definition) is 3. The molecule has 3 rings (SSSR count). The fourth-order valence-electron chi connectivity index (χ4n) is 3.91. The van der Waals surface area contributed by atoms with Crippen molar-refractivity contribution in [3.05, 3.63) is 64.7 Å². The van der Waals surface area contributed by atoms with E-state index < -0.39 is 10.0 Å². The van der Waals surface area contributed by atoms with E-state index in [-0.39, 0.29) is 11.9 Å². The number of halogens is 1. The molecule has 0 spiro atoms. The molecule has 0 N–H and O–H groups in total. The molecule has 1 aliphatic carbocycles. The van der Waals surface area contributed by atoms with Gasteiger partial charge in [0.1, 0.15) is 0 Å². The zero-order valence-corrected chi connectivity index (χ0v) is 20.0. The zero-order valence-electron chi connectivity index (χ0n) is 18.4. The second-order valence-electron chi connectivity index (χ2n) is 7.99. The molecule has 168 valence electrons. The first kappa shape index (κ1) is 23.8. The maximum atomic E-state index is 13.1. The molecular formula is C24H31ClN2O3S. The van der Waals surface area contributed by atoms with Crippen molar-refractivity contribution in [1.82, 2.24) is 9.21 Å². The summed E-state index contributed by atoms with van der Waals surface area (Å²) in [7, 11) is -3.46. The first-order valence-electron chi connectivity index (χ1n) is 10.9. The van der Waals surface area contributed by atoms with Crippen molar-refractivity contribution in [2.75, 3.05) is 13.1 Å². The first-order valence-corrected chi connectivity index (χ1v) is 12.8. The summed E-state index contributed by atoms with van der Waals surface area (Å²) in [6, 6.07) is 14.9. The van der Waals surface area contributed by atoms with E-state index in [0.29, 0.717) is 41.9 Å². The molecule has 0 bridgehead atoms. The Hall–Kier alpha value is -1.89. The van der Waals surface area contributed by atoms with Crippen LogP contribution in [0.25, 0.3) is 0 Å². The van der Waals surface area contributed by atoms with Gasteiger partial charge in [0, 0.05) is 30.6 Å².